The van der Waals surface area contributed by atoms with E-state index in [-0.39, 0.29) is 13.2 Å². The molecule has 1 aromatic heterocycles. The number of hydrazine groups is 1. The SMILES string of the molecule is CCOC(=O)c1cnn(-c2ccc(C(=O)NNC(=O)COc3ccccc3-c3ccccc3)cc2)c1C. The molecule has 0 atom stereocenters. The van der Waals surface area contributed by atoms with Crippen LogP contribution in [-0.2, 0) is 9.53 Å². The molecule has 9 nitrogen and oxygen atoms in total. The lowest BCUT2D eigenvalue weighted by Gasteiger charge is -2.12. The fraction of sp³-hybridized carbons (Fsp3) is 0.143. The van der Waals surface area contributed by atoms with Gasteiger partial charge in [-0.3, -0.25) is 20.4 Å². The largest absolute Gasteiger partial charge is 0.483 e. The first-order valence-electron chi connectivity index (χ1n) is 11.7. The molecule has 0 aliphatic heterocycles. The highest BCUT2D eigenvalue weighted by Gasteiger charge is 2.16. The van der Waals surface area contributed by atoms with Gasteiger partial charge >= 0.3 is 5.97 Å². The molecule has 0 aliphatic carbocycles. The van der Waals surface area contributed by atoms with E-state index < -0.39 is 17.8 Å². The number of aromatic nitrogens is 2. The van der Waals surface area contributed by atoms with Crippen molar-refractivity contribution in [3.05, 3.63) is 102 Å². The smallest absolute Gasteiger partial charge is 0.341 e. The first kappa shape index (κ1) is 25.2. The summed E-state index contributed by atoms with van der Waals surface area (Å²) in [6.45, 7) is 3.50. The lowest BCUT2D eigenvalue weighted by atomic mass is 10.1. The maximum Gasteiger partial charge on any atom is 0.341 e. The minimum absolute atomic E-state index is 0.273. The second-order valence-electron chi connectivity index (χ2n) is 7.98. The molecule has 0 fully saturated rings. The molecule has 3 aromatic carbocycles. The van der Waals surface area contributed by atoms with Crippen LogP contribution < -0.4 is 15.6 Å². The third-order valence-corrected chi connectivity index (χ3v) is 5.53. The molecule has 2 N–H and O–H groups in total. The lowest BCUT2D eigenvalue weighted by Crippen LogP contribution is -2.43. The molecule has 188 valence electrons. The Kier molecular flexibility index (Phi) is 7.95. The first-order valence-corrected chi connectivity index (χ1v) is 11.7. The monoisotopic (exact) mass is 498 g/mol. The van der Waals surface area contributed by atoms with Crippen LogP contribution in [0, 0.1) is 6.92 Å². The molecule has 0 radical (unpaired) electrons. The van der Waals surface area contributed by atoms with E-state index >= 15 is 0 Å². The summed E-state index contributed by atoms with van der Waals surface area (Å²) in [6, 6.07) is 23.7. The van der Waals surface area contributed by atoms with E-state index in [1.807, 2.05) is 48.5 Å². The average molecular weight is 499 g/mol. The molecular weight excluding hydrogens is 472 g/mol. The quantitative estimate of drug-likeness (QED) is 0.282. The summed E-state index contributed by atoms with van der Waals surface area (Å²) in [4.78, 5) is 36.8. The van der Waals surface area contributed by atoms with Gasteiger partial charge in [0.15, 0.2) is 6.61 Å². The van der Waals surface area contributed by atoms with Gasteiger partial charge in [0.05, 0.1) is 24.2 Å². The summed E-state index contributed by atoms with van der Waals surface area (Å²) in [5.74, 6) is -0.878. The van der Waals surface area contributed by atoms with Gasteiger partial charge in [-0.2, -0.15) is 5.10 Å². The molecule has 37 heavy (non-hydrogen) atoms. The van der Waals surface area contributed by atoms with Crippen LogP contribution in [0.1, 0.15) is 33.3 Å². The van der Waals surface area contributed by atoms with E-state index in [2.05, 4.69) is 16.0 Å². The number of hydrogen-bond donors (Lipinski definition) is 2. The van der Waals surface area contributed by atoms with Crippen molar-refractivity contribution in [3.63, 3.8) is 0 Å². The summed E-state index contributed by atoms with van der Waals surface area (Å²) >= 11 is 0. The standard InChI is InChI=1S/C28H26N4O5/c1-3-36-28(35)24-17-29-32(19(24)2)22-15-13-21(14-16-22)27(34)31-30-26(33)18-37-25-12-8-7-11-23(25)20-9-5-4-6-10-20/h4-17H,3,18H2,1-2H3,(H,30,33)(H,31,34). The predicted octanol–water partition coefficient (Wildman–Crippen LogP) is 3.86. The Bertz CT molecular complexity index is 1400. The van der Waals surface area contributed by atoms with Gasteiger partial charge in [0.1, 0.15) is 11.3 Å². The third-order valence-electron chi connectivity index (χ3n) is 5.53. The number of carbonyl (C=O) groups excluding carboxylic acids is 3. The van der Waals surface area contributed by atoms with Gasteiger partial charge in [-0.05, 0) is 49.7 Å². The van der Waals surface area contributed by atoms with Crippen LogP contribution in [0.15, 0.2) is 85.1 Å². The maximum absolute atomic E-state index is 12.5. The Morgan fingerprint density at radius 1 is 0.892 bits per heavy atom. The van der Waals surface area contributed by atoms with Crippen LogP contribution in [0.5, 0.6) is 5.75 Å². The molecule has 0 aliphatic rings. The summed E-state index contributed by atoms with van der Waals surface area (Å²) in [5, 5.41) is 4.24. The van der Waals surface area contributed by atoms with Crippen LogP contribution in [0.2, 0.25) is 0 Å². The first-order chi connectivity index (χ1) is 18.0. The minimum atomic E-state index is -0.508. The number of rotatable bonds is 8. The van der Waals surface area contributed by atoms with E-state index in [0.29, 0.717) is 28.3 Å². The number of nitrogens with zero attached hydrogens (tertiary/aromatic N) is 2. The van der Waals surface area contributed by atoms with E-state index in [9.17, 15) is 14.4 Å². The topological polar surface area (TPSA) is 112 Å². The van der Waals surface area contributed by atoms with Crippen LogP contribution in [0.3, 0.4) is 0 Å². The zero-order chi connectivity index (χ0) is 26.2. The van der Waals surface area contributed by atoms with Crippen molar-refractivity contribution >= 4 is 17.8 Å². The van der Waals surface area contributed by atoms with Gasteiger partial charge in [-0.1, -0.05) is 48.5 Å². The van der Waals surface area contributed by atoms with Crippen LogP contribution in [0.25, 0.3) is 16.8 Å². The molecule has 0 unspecified atom stereocenters. The Morgan fingerprint density at radius 3 is 2.32 bits per heavy atom. The number of benzene rings is 3. The molecule has 2 amide bonds. The molecule has 1 heterocycles. The van der Waals surface area contributed by atoms with Crippen molar-refractivity contribution in [2.24, 2.45) is 0 Å². The van der Waals surface area contributed by atoms with E-state index in [4.69, 9.17) is 9.47 Å². The lowest BCUT2D eigenvalue weighted by molar-refractivity contribution is -0.123. The fourth-order valence-corrected chi connectivity index (χ4v) is 3.66. The highest BCUT2D eigenvalue weighted by atomic mass is 16.5. The zero-order valence-electron chi connectivity index (χ0n) is 20.4. The van der Waals surface area contributed by atoms with Gasteiger partial charge in [0, 0.05) is 11.1 Å². The molecule has 0 spiro atoms. The van der Waals surface area contributed by atoms with Crippen molar-refractivity contribution in [1.82, 2.24) is 20.6 Å². The van der Waals surface area contributed by atoms with Gasteiger partial charge in [-0.25, -0.2) is 9.48 Å². The Morgan fingerprint density at radius 2 is 1.59 bits per heavy atom. The van der Waals surface area contributed by atoms with E-state index in [0.717, 1.165) is 11.1 Å². The highest BCUT2D eigenvalue weighted by Crippen LogP contribution is 2.29. The minimum Gasteiger partial charge on any atom is -0.483 e. The van der Waals surface area contributed by atoms with Crippen LogP contribution in [0.4, 0.5) is 0 Å². The van der Waals surface area contributed by atoms with Gasteiger partial charge in [0.2, 0.25) is 0 Å². The van der Waals surface area contributed by atoms with Gasteiger partial charge in [-0.15, -0.1) is 0 Å². The number of esters is 1. The molecule has 0 saturated carbocycles. The third kappa shape index (κ3) is 6.02. The van der Waals surface area contributed by atoms with Gasteiger partial charge in [0.25, 0.3) is 11.8 Å². The van der Waals surface area contributed by atoms with Crippen molar-refractivity contribution in [3.8, 4) is 22.6 Å². The molecule has 4 aromatic rings. The molecular formula is C28H26N4O5. The van der Waals surface area contributed by atoms with Crippen LogP contribution in [-0.4, -0.2) is 40.8 Å². The summed E-state index contributed by atoms with van der Waals surface area (Å²) < 4.78 is 12.3. The number of amides is 2. The average Bonchev–Trinajstić information content (AvgIpc) is 3.32. The van der Waals surface area contributed by atoms with Crippen molar-refractivity contribution in [1.29, 1.82) is 0 Å². The summed E-state index contributed by atoms with van der Waals surface area (Å²) in [5.41, 5.74) is 8.57. The van der Waals surface area contributed by atoms with E-state index in [1.54, 1.807) is 48.9 Å². The second kappa shape index (κ2) is 11.7. The normalized spacial score (nSPS) is 10.4. The Labute approximate surface area is 214 Å². The number of carbonyl (C=O) groups is 3. The maximum atomic E-state index is 12.5. The molecule has 4 rings (SSSR count). The van der Waals surface area contributed by atoms with Gasteiger partial charge < -0.3 is 9.47 Å². The fourth-order valence-electron chi connectivity index (χ4n) is 3.66. The molecule has 0 bridgehead atoms. The van der Waals surface area contributed by atoms with Crippen LogP contribution >= 0.6 is 0 Å². The number of ether oxygens (including phenoxy) is 2. The number of nitrogens with one attached hydrogen (secondary N) is 2. The molecule has 0 saturated heterocycles. The Balaban J connectivity index is 1.32. The van der Waals surface area contributed by atoms with Crippen molar-refractivity contribution < 1.29 is 23.9 Å². The second-order valence-corrected chi connectivity index (χ2v) is 7.98. The predicted molar refractivity (Wildman–Crippen MR) is 137 cm³/mol. The highest BCUT2D eigenvalue weighted by molar-refractivity contribution is 5.95. The Hall–Kier alpha value is -4.92. The summed E-state index contributed by atoms with van der Waals surface area (Å²) in [7, 11) is 0. The van der Waals surface area contributed by atoms with Crippen molar-refractivity contribution in [2.75, 3.05) is 13.2 Å². The molecule has 9 heteroatoms. The van der Waals surface area contributed by atoms with E-state index in [1.165, 1.54) is 6.20 Å². The number of hydrogen-bond acceptors (Lipinski definition) is 6. The number of para-hydroxylation sites is 1. The zero-order valence-corrected chi connectivity index (χ0v) is 20.4. The summed E-state index contributed by atoms with van der Waals surface area (Å²) in [6.07, 6.45) is 1.45. The van der Waals surface area contributed by atoms with Crippen molar-refractivity contribution in [2.45, 2.75) is 13.8 Å².